The highest BCUT2D eigenvalue weighted by Gasteiger charge is 2.30. The molecule has 1 aliphatic rings. The Balaban J connectivity index is 2.18. The van der Waals surface area contributed by atoms with Gasteiger partial charge in [0, 0.05) is 23.7 Å². The Morgan fingerprint density at radius 2 is 2.00 bits per heavy atom. The summed E-state index contributed by atoms with van der Waals surface area (Å²) in [5, 5.41) is 0.722. The first-order valence-corrected chi connectivity index (χ1v) is 7.49. The van der Waals surface area contributed by atoms with Gasteiger partial charge in [-0.1, -0.05) is 24.4 Å². The second-order valence-corrected chi connectivity index (χ2v) is 6.24. The molecule has 104 valence electrons. The number of aryl methyl sites for hydroxylation is 1. The quantitative estimate of drug-likeness (QED) is 0.747. The van der Waals surface area contributed by atoms with Crippen molar-refractivity contribution in [2.45, 2.75) is 44.0 Å². The standard InChI is InChI=1S/C15H19Cl2NO/c1-10-9-11(16)7-8-12(10)15(19)18(2)14-6-4-3-5-13(14)17/h7-9,13-14H,3-6H2,1-2H3. The summed E-state index contributed by atoms with van der Waals surface area (Å²) >= 11 is 12.3. The molecule has 0 bridgehead atoms. The summed E-state index contributed by atoms with van der Waals surface area (Å²) in [6.07, 6.45) is 4.28. The van der Waals surface area contributed by atoms with E-state index in [4.69, 9.17) is 23.2 Å². The topological polar surface area (TPSA) is 20.3 Å². The van der Waals surface area contributed by atoms with E-state index in [1.807, 2.05) is 20.0 Å². The van der Waals surface area contributed by atoms with Gasteiger partial charge < -0.3 is 4.90 Å². The fourth-order valence-corrected chi connectivity index (χ4v) is 3.39. The average molecular weight is 300 g/mol. The second kappa shape index (κ2) is 6.15. The third-order valence-corrected chi connectivity index (χ3v) is 4.63. The van der Waals surface area contributed by atoms with E-state index in [0.717, 1.165) is 31.2 Å². The van der Waals surface area contributed by atoms with Crippen molar-refractivity contribution in [1.82, 2.24) is 4.90 Å². The van der Waals surface area contributed by atoms with Crippen LogP contribution in [0, 0.1) is 6.92 Å². The number of hydrogen-bond donors (Lipinski definition) is 0. The lowest BCUT2D eigenvalue weighted by Gasteiger charge is -2.35. The summed E-state index contributed by atoms with van der Waals surface area (Å²) in [6, 6.07) is 5.51. The minimum Gasteiger partial charge on any atom is -0.337 e. The summed E-state index contributed by atoms with van der Waals surface area (Å²) in [5.74, 6) is 0.0340. The lowest BCUT2D eigenvalue weighted by molar-refractivity contribution is 0.0699. The predicted molar refractivity (Wildman–Crippen MR) is 80.2 cm³/mol. The number of carbonyl (C=O) groups is 1. The van der Waals surface area contributed by atoms with Gasteiger partial charge in [0.1, 0.15) is 0 Å². The monoisotopic (exact) mass is 299 g/mol. The Morgan fingerprint density at radius 3 is 2.63 bits per heavy atom. The van der Waals surface area contributed by atoms with Crippen LogP contribution < -0.4 is 0 Å². The first-order valence-electron chi connectivity index (χ1n) is 6.68. The maximum Gasteiger partial charge on any atom is 0.254 e. The zero-order valence-corrected chi connectivity index (χ0v) is 12.8. The van der Waals surface area contributed by atoms with Gasteiger partial charge in [0.15, 0.2) is 0 Å². The van der Waals surface area contributed by atoms with Gasteiger partial charge in [0.05, 0.1) is 5.38 Å². The smallest absolute Gasteiger partial charge is 0.254 e. The van der Waals surface area contributed by atoms with Crippen molar-refractivity contribution < 1.29 is 4.79 Å². The van der Waals surface area contributed by atoms with Crippen LogP contribution >= 0.6 is 23.2 Å². The molecule has 1 fully saturated rings. The number of carbonyl (C=O) groups excluding carboxylic acids is 1. The molecule has 0 heterocycles. The minimum atomic E-state index is 0.0340. The van der Waals surface area contributed by atoms with Crippen LogP contribution in [-0.2, 0) is 0 Å². The lowest BCUT2D eigenvalue weighted by atomic mass is 9.93. The summed E-state index contributed by atoms with van der Waals surface area (Å²) in [4.78, 5) is 14.3. The van der Waals surface area contributed by atoms with E-state index in [2.05, 4.69) is 0 Å². The van der Waals surface area contributed by atoms with Gasteiger partial charge in [-0.2, -0.15) is 0 Å². The Bertz CT molecular complexity index is 475. The van der Waals surface area contributed by atoms with Gasteiger partial charge in [-0.05, 0) is 43.5 Å². The number of nitrogens with zero attached hydrogens (tertiary/aromatic N) is 1. The number of alkyl halides is 1. The molecular weight excluding hydrogens is 281 g/mol. The Morgan fingerprint density at radius 1 is 1.32 bits per heavy atom. The third kappa shape index (κ3) is 3.24. The molecule has 4 heteroatoms. The van der Waals surface area contributed by atoms with E-state index < -0.39 is 0 Å². The molecule has 0 N–H and O–H groups in total. The number of halogens is 2. The molecular formula is C15H19Cl2NO. The molecule has 19 heavy (non-hydrogen) atoms. The highest BCUT2D eigenvalue weighted by atomic mass is 35.5. The van der Waals surface area contributed by atoms with E-state index >= 15 is 0 Å². The largest absolute Gasteiger partial charge is 0.337 e. The molecule has 2 nitrogen and oxygen atoms in total. The molecule has 1 amide bonds. The van der Waals surface area contributed by atoms with Crippen LogP contribution in [0.15, 0.2) is 18.2 Å². The first kappa shape index (κ1) is 14.7. The average Bonchev–Trinajstić information content (AvgIpc) is 2.38. The molecule has 2 rings (SSSR count). The second-order valence-electron chi connectivity index (χ2n) is 5.24. The normalized spacial score (nSPS) is 23.2. The van der Waals surface area contributed by atoms with Crippen molar-refractivity contribution in [2.75, 3.05) is 7.05 Å². The van der Waals surface area contributed by atoms with Crippen molar-refractivity contribution in [3.05, 3.63) is 34.3 Å². The Kier molecular flexibility index (Phi) is 4.75. The van der Waals surface area contributed by atoms with Gasteiger partial charge >= 0.3 is 0 Å². The van der Waals surface area contributed by atoms with Crippen LogP contribution in [0.4, 0.5) is 0 Å². The van der Waals surface area contributed by atoms with Crippen LogP contribution in [-0.4, -0.2) is 29.3 Å². The van der Waals surface area contributed by atoms with Crippen LogP contribution in [0.25, 0.3) is 0 Å². The van der Waals surface area contributed by atoms with Gasteiger partial charge in [0.2, 0.25) is 0 Å². The zero-order valence-electron chi connectivity index (χ0n) is 11.3. The van der Waals surface area contributed by atoms with E-state index in [1.54, 1.807) is 17.0 Å². The van der Waals surface area contributed by atoms with E-state index in [9.17, 15) is 4.79 Å². The number of amides is 1. The molecule has 0 saturated heterocycles. The van der Waals surface area contributed by atoms with Crippen LogP contribution in [0.1, 0.15) is 41.6 Å². The number of benzene rings is 1. The highest BCUT2D eigenvalue weighted by Crippen LogP contribution is 2.28. The van der Waals surface area contributed by atoms with E-state index in [1.165, 1.54) is 0 Å². The van der Waals surface area contributed by atoms with Crippen molar-refractivity contribution in [1.29, 1.82) is 0 Å². The molecule has 2 atom stereocenters. The van der Waals surface area contributed by atoms with E-state index in [-0.39, 0.29) is 17.3 Å². The highest BCUT2D eigenvalue weighted by molar-refractivity contribution is 6.30. The van der Waals surface area contributed by atoms with E-state index in [0.29, 0.717) is 10.6 Å². The van der Waals surface area contributed by atoms with Crippen LogP contribution in [0.5, 0.6) is 0 Å². The summed E-state index contributed by atoms with van der Waals surface area (Å²) in [5.41, 5.74) is 1.62. The predicted octanol–water partition coefficient (Wildman–Crippen LogP) is 4.27. The summed E-state index contributed by atoms with van der Waals surface area (Å²) in [7, 11) is 1.85. The summed E-state index contributed by atoms with van der Waals surface area (Å²) < 4.78 is 0. The van der Waals surface area contributed by atoms with Gasteiger partial charge in [0.25, 0.3) is 5.91 Å². The summed E-state index contributed by atoms with van der Waals surface area (Å²) in [6.45, 7) is 1.91. The Labute approximate surface area is 124 Å². The minimum absolute atomic E-state index is 0.0340. The van der Waals surface area contributed by atoms with Crippen LogP contribution in [0.3, 0.4) is 0 Å². The molecule has 2 unspecified atom stereocenters. The van der Waals surface area contributed by atoms with Crippen molar-refractivity contribution >= 4 is 29.1 Å². The van der Waals surface area contributed by atoms with Crippen molar-refractivity contribution in [3.63, 3.8) is 0 Å². The zero-order chi connectivity index (χ0) is 14.0. The SMILES string of the molecule is Cc1cc(Cl)ccc1C(=O)N(C)C1CCCCC1Cl. The lowest BCUT2D eigenvalue weighted by Crippen LogP contribution is -2.44. The molecule has 0 radical (unpaired) electrons. The molecule has 0 aliphatic heterocycles. The first-order chi connectivity index (χ1) is 9.00. The molecule has 1 aromatic carbocycles. The van der Waals surface area contributed by atoms with Crippen LogP contribution in [0.2, 0.25) is 5.02 Å². The Hall–Kier alpha value is -0.730. The third-order valence-electron chi connectivity index (χ3n) is 3.88. The number of hydrogen-bond acceptors (Lipinski definition) is 1. The van der Waals surface area contributed by atoms with Crippen molar-refractivity contribution in [2.24, 2.45) is 0 Å². The molecule has 0 spiro atoms. The molecule has 0 aromatic heterocycles. The fraction of sp³-hybridized carbons (Fsp3) is 0.533. The number of rotatable bonds is 2. The molecule has 1 aromatic rings. The van der Waals surface area contributed by atoms with Crippen molar-refractivity contribution in [3.8, 4) is 0 Å². The molecule has 1 aliphatic carbocycles. The fourth-order valence-electron chi connectivity index (χ4n) is 2.71. The van der Waals surface area contributed by atoms with Gasteiger partial charge in [-0.3, -0.25) is 4.79 Å². The molecule has 1 saturated carbocycles. The van der Waals surface area contributed by atoms with Gasteiger partial charge in [-0.25, -0.2) is 0 Å². The maximum atomic E-state index is 12.5. The maximum absolute atomic E-state index is 12.5. The van der Waals surface area contributed by atoms with Gasteiger partial charge in [-0.15, -0.1) is 11.6 Å².